The number of pyridine rings is 2. The Morgan fingerprint density at radius 3 is 2.73 bits per heavy atom. The lowest BCUT2D eigenvalue weighted by atomic mass is 10.3. The zero-order valence-electron chi connectivity index (χ0n) is 11.9. The first-order valence-electron chi connectivity index (χ1n) is 6.79. The van der Waals surface area contributed by atoms with Crippen molar-refractivity contribution in [1.29, 1.82) is 5.26 Å². The van der Waals surface area contributed by atoms with Gasteiger partial charge in [0.2, 0.25) is 0 Å². The summed E-state index contributed by atoms with van der Waals surface area (Å²) in [5.74, 6) is 0.518. The van der Waals surface area contributed by atoms with Crippen molar-refractivity contribution in [3.05, 3.63) is 54.0 Å². The quantitative estimate of drug-likeness (QED) is 0.696. The van der Waals surface area contributed by atoms with E-state index in [0.29, 0.717) is 31.0 Å². The predicted octanol–water partition coefficient (Wildman–Crippen LogP) is 1.26. The molecular weight excluding hydrogens is 280 g/mol. The molecule has 0 aliphatic carbocycles. The van der Waals surface area contributed by atoms with Gasteiger partial charge in [-0.05, 0) is 29.8 Å². The number of hydrogen-bond acceptors (Lipinski definition) is 5. The van der Waals surface area contributed by atoms with Crippen LogP contribution in [0.1, 0.15) is 11.1 Å². The summed E-state index contributed by atoms with van der Waals surface area (Å²) in [7, 11) is 0. The summed E-state index contributed by atoms with van der Waals surface area (Å²) in [4.78, 5) is 19.6. The number of nitriles is 1. The van der Waals surface area contributed by atoms with E-state index >= 15 is 0 Å². The lowest BCUT2D eigenvalue weighted by Crippen LogP contribution is -2.37. The zero-order valence-corrected chi connectivity index (χ0v) is 11.9. The molecule has 112 valence electrons. The SMILES string of the molecule is N#Cc1cccnc1NCCNC(=O)NCc1ccncc1. The number of rotatable bonds is 6. The molecule has 0 fully saturated rings. The van der Waals surface area contributed by atoms with Crippen molar-refractivity contribution in [2.75, 3.05) is 18.4 Å². The van der Waals surface area contributed by atoms with Gasteiger partial charge in [0.1, 0.15) is 11.9 Å². The Balaban J connectivity index is 1.66. The molecule has 7 heteroatoms. The van der Waals surface area contributed by atoms with Crippen molar-refractivity contribution < 1.29 is 4.79 Å². The Morgan fingerprint density at radius 2 is 1.95 bits per heavy atom. The van der Waals surface area contributed by atoms with Gasteiger partial charge in [-0.2, -0.15) is 5.26 Å². The molecule has 0 aromatic carbocycles. The summed E-state index contributed by atoms with van der Waals surface area (Å²) in [6.45, 7) is 1.35. The molecule has 22 heavy (non-hydrogen) atoms. The fourth-order valence-corrected chi connectivity index (χ4v) is 1.74. The summed E-state index contributed by atoms with van der Waals surface area (Å²) in [6.07, 6.45) is 4.97. The lowest BCUT2D eigenvalue weighted by Gasteiger charge is -2.09. The van der Waals surface area contributed by atoms with Gasteiger partial charge in [0.25, 0.3) is 0 Å². The fraction of sp³-hybridized carbons (Fsp3) is 0.200. The van der Waals surface area contributed by atoms with Crippen LogP contribution in [-0.2, 0) is 6.54 Å². The number of amides is 2. The van der Waals surface area contributed by atoms with Crippen LogP contribution >= 0.6 is 0 Å². The van der Waals surface area contributed by atoms with Gasteiger partial charge < -0.3 is 16.0 Å². The smallest absolute Gasteiger partial charge is 0.315 e. The second kappa shape index (κ2) is 8.21. The highest BCUT2D eigenvalue weighted by Crippen LogP contribution is 2.08. The van der Waals surface area contributed by atoms with Crippen LogP contribution in [0.4, 0.5) is 10.6 Å². The van der Waals surface area contributed by atoms with Crippen molar-refractivity contribution in [3.8, 4) is 6.07 Å². The summed E-state index contributed by atoms with van der Waals surface area (Å²) >= 11 is 0. The van der Waals surface area contributed by atoms with Crippen molar-refractivity contribution in [3.63, 3.8) is 0 Å². The molecule has 0 radical (unpaired) electrons. The molecule has 3 N–H and O–H groups in total. The van der Waals surface area contributed by atoms with E-state index in [9.17, 15) is 4.79 Å². The highest BCUT2D eigenvalue weighted by molar-refractivity contribution is 5.73. The maximum absolute atomic E-state index is 11.6. The van der Waals surface area contributed by atoms with Crippen molar-refractivity contribution in [2.24, 2.45) is 0 Å². The van der Waals surface area contributed by atoms with E-state index in [1.54, 1.807) is 30.7 Å². The largest absolute Gasteiger partial charge is 0.367 e. The molecule has 0 unspecified atom stereocenters. The molecule has 2 aromatic heterocycles. The first-order chi connectivity index (χ1) is 10.8. The van der Waals surface area contributed by atoms with Crippen molar-refractivity contribution >= 4 is 11.8 Å². The Bertz CT molecular complexity index is 653. The highest BCUT2D eigenvalue weighted by Gasteiger charge is 2.02. The van der Waals surface area contributed by atoms with Crippen LogP contribution in [0, 0.1) is 11.3 Å². The maximum Gasteiger partial charge on any atom is 0.315 e. The topological polar surface area (TPSA) is 103 Å². The molecule has 2 heterocycles. The maximum atomic E-state index is 11.6. The number of anilines is 1. The van der Waals surface area contributed by atoms with Crippen molar-refractivity contribution in [2.45, 2.75) is 6.54 Å². The Morgan fingerprint density at radius 1 is 1.14 bits per heavy atom. The predicted molar refractivity (Wildman–Crippen MR) is 81.9 cm³/mol. The molecule has 0 spiro atoms. The van der Waals surface area contributed by atoms with Crippen LogP contribution < -0.4 is 16.0 Å². The Kier molecular flexibility index (Phi) is 5.70. The minimum Gasteiger partial charge on any atom is -0.367 e. The minimum absolute atomic E-state index is 0.250. The molecule has 0 aliphatic rings. The molecule has 2 aromatic rings. The van der Waals surface area contributed by atoms with Crippen LogP contribution in [-0.4, -0.2) is 29.1 Å². The number of nitrogens with zero attached hydrogens (tertiary/aromatic N) is 3. The third kappa shape index (κ3) is 4.76. The monoisotopic (exact) mass is 296 g/mol. The summed E-state index contributed by atoms with van der Waals surface area (Å²) < 4.78 is 0. The third-order valence-electron chi connectivity index (χ3n) is 2.83. The van der Waals surface area contributed by atoms with E-state index in [0.717, 1.165) is 5.56 Å². The second-order valence-corrected chi connectivity index (χ2v) is 4.40. The summed E-state index contributed by atoms with van der Waals surface area (Å²) in [5.41, 5.74) is 1.46. The first kappa shape index (κ1) is 15.3. The lowest BCUT2D eigenvalue weighted by molar-refractivity contribution is 0.241. The molecular formula is C15H16N6O. The van der Waals surface area contributed by atoms with Gasteiger partial charge in [-0.1, -0.05) is 0 Å². The zero-order chi connectivity index (χ0) is 15.6. The summed E-state index contributed by atoms with van der Waals surface area (Å²) in [6, 6.07) is 8.87. The average Bonchev–Trinajstić information content (AvgIpc) is 2.58. The highest BCUT2D eigenvalue weighted by atomic mass is 16.2. The Hall–Kier alpha value is -3.14. The number of aromatic nitrogens is 2. The normalized spacial score (nSPS) is 9.59. The molecule has 0 atom stereocenters. The van der Waals surface area contributed by atoms with Crippen molar-refractivity contribution in [1.82, 2.24) is 20.6 Å². The van der Waals surface area contributed by atoms with E-state index in [1.807, 2.05) is 12.1 Å². The Labute approximate surface area is 128 Å². The molecule has 0 bridgehead atoms. The standard InChI is InChI=1S/C15H16N6O/c16-10-13-2-1-5-18-14(13)19-8-9-20-15(22)21-11-12-3-6-17-7-4-12/h1-7H,8-9,11H2,(H,18,19)(H2,20,21,22). The molecule has 0 aliphatic heterocycles. The molecule has 7 nitrogen and oxygen atoms in total. The van der Waals surface area contributed by atoms with Gasteiger partial charge in [0.05, 0.1) is 5.56 Å². The van der Waals surface area contributed by atoms with E-state index < -0.39 is 0 Å². The van der Waals surface area contributed by atoms with Gasteiger partial charge in [-0.25, -0.2) is 9.78 Å². The fourth-order valence-electron chi connectivity index (χ4n) is 1.74. The van der Waals surface area contributed by atoms with Gasteiger partial charge in [0.15, 0.2) is 0 Å². The molecule has 0 saturated carbocycles. The molecule has 0 saturated heterocycles. The molecule has 2 amide bonds. The third-order valence-corrected chi connectivity index (χ3v) is 2.83. The summed E-state index contributed by atoms with van der Waals surface area (Å²) in [5, 5.41) is 17.4. The number of carbonyl (C=O) groups is 1. The van der Waals surface area contributed by atoms with Crippen LogP contribution in [0.3, 0.4) is 0 Å². The van der Waals surface area contributed by atoms with Crippen LogP contribution in [0.5, 0.6) is 0 Å². The number of nitrogens with one attached hydrogen (secondary N) is 3. The first-order valence-corrected chi connectivity index (χ1v) is 6.79. The van der Waals surface area contributed by atoms with Gasteiger partial charge in [-0.15, -0.1) is 0 Å². The van der Waals surface area contributed by atoms with Gasteiger partial charge in [-0.3, -0.25) is 4.98 Å². The minimum atomic E-state index is -0.250. The van der Waals surface area contributed by atoms with E-state index in [4.69, 9.17) is 5.26 Å². The molecule has 2 rings (SSSR count). The average molecular weight is 296 g/mol. The van der Waals surface area contributed by atoms with Crippen LogP contribution in [0.2, 0.25) is 0 Å². The van der Waals surface area contributed by atoms with E-state index in [1.165, 1.54) is 0 Å². The van der Waals surface area contributed by atoms with E-state index in [2.05, 4.69) is 32.0 Å². The number of carbonyl (C=O) groups excluding carboxylic acids is 1. The number of urea groups is 1. The van der Waals surface area contributed by atoms with Crippen LogP contribution in [0.25, 0.3) is 0 Å². The van der Waals surface area contributed by atoms with Gasteiger partial charge in [0, 0.05) is 38.2 Å². The van der Waals surface area contributed by atoms with Gasteiger partial charge >= 0.3 is 6.03 Å². The second-order valence-electron chi connectivity index (χ2n) is 4.40. The van der Waals surface area contributed by atoms with E-state index in [-0.39, 0.29) is 6.03 Å². The van der Waals surface area contributed by atoms with Crippen LogP contribution in [0.15, 0.2) is 42.9 Å². The number of hydrogen-bond donors (Lipinski definition) is 3.